The summed E-state index contributed by atoms with van der Waals surface area (Å²) in [6, 6.07) is 1.97. The fourth-order valence-electron chi connectivity index (χ4n) is 4.94. The summed E-state index contributed by atoms with van der Waals surface area (Å²) in [5.74, 6) is 2.33. The van der Waals surface area contributed by atoms with Crippen LogP contribution in [0, 0.1) is 12.8 Å². The lowest BCUT2D eigenvalue weighted by Gasteiger charge is -2.34. The summed E-state index contributed by atoms with van der Waals surface area (Å²) < 4.78 is 7.26. The molecular weight excluding hydrogens is 392 g/mol. The number of anilines is 1. The standard InChI is InChI=1S/C23H30N6O2/c1-4-19-21(24-14-31-19)23(30)28-9-6-5-7-18(28)17-11-20-25-22(16(3)13-29(20)26-17)27-10-8-15(2)12-27/h11,13-15,18H,4-10,12H2,1-3H3/t15-,18-/m0/s1. The molecule has 0 N–H and O–H groups in total. The highest BCUT2D eigenvalue weighted by molar-refractivity contribution is 5.93. The van der Waals surface area contributed by atoms with Crippen LogP contribution in [-0.2, 0) is 6.42 Å². The Kier molecular flexibility index (Phi) is 5.16. The molecule has 8 nitrogen and oxygen atoms in total. The van der Waals surface area contributed by atoms with Crippen LogP contribution in [0.5, 0.6) is 0 Å². The average Bonchev–Trinajstić information content (AvgIpc) is 3.51. The molecular formula is C23H30N6O2. The van der Waals surface area contributed by atoms with Gasteiger partial charge in [0, 0.05) is 43.9 Å². The van der Waals surface area contributed by atoms with E-state index in [4.69, 9.17) is 14.5 Å². The minimum absolute atomic E-state index is 0.0664. The molecule has 3 aromatic heterocycles. The van der Waals surface area contributed by atoms with E-state index in [1.807, 2.05) is 22.4 Å². The molecule has 0 unspecified atom stereocenters. The van der Waals surface area contributed by atoms with Gasteiger partial charge in [0.2, 0.25) is 0 Å². The van der Waals surface area contributed by atoms with Gasteiger partial charge in [-0.2, -0.15) is 5.10 Å². The number of fused-ring (bicyclic) bond motifs is 1. The van der Waals surface area contributed by atoms with Gasteiger partial charge in [-0.05, 0) is 38.5 Å². The Hall–Kier alpha value is -2.90. The van der Waals surface area contributed by atoms with Crippen LogP contribution in [0.2, 0.25) is 0 Å². The lowest BCUT2D eigenvalue weighted by atomic mass is 9.98. The quantitative estimate of drug-likeness (QED) is 0.636. The van der Waals surface area contributed by atoms with Crippen molar-refractivity contribution < 1.29 is 9.21 Å². The number of aromatic nitrogens is 4. The van der Waals surface area contributed by atoms with Crippen molar-refractivity contribution in [2.24, 2.45) is 5.92 Å². The maximum absolute atomic E-state index is 13.3. The highest BCUT2D eigenvalue weighted by atomic mass is 16.3. The first-order valence-electron chi connectivity index (χ1n) is 11.4. The van der Waals surface area contributed by atoms with Crippen LogP contribution in [0.3, 0.4) is 0 Å². The van der Waals surface area contributed by atoms with Crippen molar-refractivity contribution >= 4 is 17.4 Å². The van der Waals surface area contributed by atoms with E-state index in [0.29, 0.717) is 30.3 Å². The van der Waals surface area contributed by atoms with E-state index in [9.17, 15) is 4.79 Å². The number of hydrogen-bond acceptors (Lipinski definition) is 6. The Morgan fingerprint density at radius 1 is 1.26 bits per heavy atom. The molecule has 0 aromatic carbocycles. The summed E-state index contributed by atoms with van der Waals surface area (Å²) in [4.78, 5) is 26.7. The second kappa shape index (κ2) is 7.98. The summed E-state index contributed by atoms with van der Waals surface area (Å²) in [5, 5.41) is 4.83. The normalized spacial score (nSPS) is 21.9. The summed E-state index contributed by atoms with van der Waals surface area (Å²) in [6.07, 6.45) is 8.24. The molecule has 0 saturated carbocycles. The molecule has 5 rings (SSSR count). The molecule has 0 spiro atoms. The summed E-state index contributed by atoms with van der Waals surface area (Å²) in [5.41, 5.74) is 3.29. The Bertz CT molecular complexity index is 1100. The number of carbonyl (C=O) groups excluding carboxylic acids is 1. The van der Waals surface area contributed by atoms with E-state index in [-0.39, 0.29) is 11.9 Å². The topological polar surface area (TPSA) is 79.8 Å². The zero-order valence-electron chi connectivity index (χ0n) is 18.5. The lowest BCUT2D eigenvalue weighted by molar-refractivity contribution is 0.0598. The number of carbonyl (C=O) groups is 1. The Balaban J connectivity index is 1.47. The zero-order valence-corrected chi connectivity index (χ0v) is 18.5. The number of nitrogens with zero attached hydrogens (tertiary/aromatic N) is 6. The fourth-order valence-corrected chi connectivity index (χ4v) is 4.94. The van der Waals surface area contributed by atoms with E-state index < -0.39 is 0 Å². The molecule has 2 saturated heterocycles. The number of amides is 1. The third kappa shape index (κ3) is 3.58. The molecule has 0 aliphatic carbocycles. The van der Waals surface area contributed by atoms with Crippen LogP contribution < -0.4 is 4.90 Å². The molecule has 31 heavy (non-hydrogen) atoms. The number of hydrogen-bond donors (Lipinski definition) is 0. The van der Waals surface area contributed by atoms with Gasteiger partial charge in [0.25, 0.3) is 5.91 Å². The van der Waals surface area contributed by atoms with Crippen molar-refractivity contribution in [1.82, 2.24) is 24.5 Å². The molecule has 3 aromatic rings. The molecule has 8 heteroatoms. The monoisotopic (exact) mass is 422 g/mol. The molecule has 0 radical (unpaired) electrons. The average molecular weight is 423 g/mol. The maximum atomic E-state index is 13.3. The van der Waals surface area contributed by atoms with Crippen molar-refractivity contribution in [3.8, 4) is 0 Å². The molecule has 2 aliphatic heterocycles. The predicted molar refractivity (Wildman–Crippen MR) is 117 cm³/mol. The van der Waals surface area contributed by atoms with Gasteiger partial charge in [-0.1, -0.05) is 13.8 Å². The van der Waals surface area contributed by atoms with Gasteiger partial charge >= 0.3 is 0 Å². The van der Waals surface area contributed by atoms with Gasteiger partial charge < -0.3 is 14.2 Å². The van der Waals surface area contributed by atoms with Gasteiger partial charge in [0.1, 0.15) is 11.6 Å². The van der Waals surface area contributed by atoms with E-state index in [0.717, 1.165) is 55.1 Å². The molecule has 2 aliphatic rings. The smallest absolute Gasteiger partial charge is 0.276 e. The first kappa shape index (κ1) is 20.0. The predicted octanol–water partition coefficient (Wildman–Crippen LogP) is 3.80. The second-order valence-corrected chi connectivity index (χ2v) is 8.95. The van der Waals surface area contributed by atoms with Crippen LogP contribution in [-0.4, -0.2) is 50.0 Å². The zero-order chi connectivity index (χ0) is 21.5. The van der Waals surface area contributed by atoms with Crippen molar-refractivity contribution in [3.63, 3.8) is 0 Å². The largest absolute Gasteiger partial charge is 0.448 e. The minimum Gasteiger partial charge on any atom is -0.448 e. The van der Waals surface area contributed by atoms with E-state index >= 15 is 0 Å². The van der Waals surface area contributed by atoms with Crippen molar-refractivity contribution in [3.05, 3.63) is 41.4 Å². The van der Waals surface area contributed by atoms with Crippen LogP contribution in [0.1, 0.15) is 73.1 Å². The first-order valence-corrected chi connectivity index (χ1v) is 11.4. The van der Waals surface area contributed by atoms with Crippen LogP contribution in [0.4, 0.5) is 5.82 Å². The van der Waals surface area contributed by atoms with Crippen molar-refractivity contribution in [2.75, 3.05) is 24.5 Å². The van der Waals surface area contributed by atoms with Gasteiger partial charge in [-0.3, -0.25) is 4.79 Å². The maximum Gasteiger partial charge on any atom is 0.276 e. The van der Waals surface area contributed by atoms with Crippen LogP contribution in [0.15, 0.2) is 23.1 Å². The lowest BCUT2D eigenvalue weighted by Crippen LogP contribution is -2.39. The molecule has 164 valence electrons. The van der Waals surface area contributed by atoms with Crippen LogP contribution in [0.25, 0.3) is 5.65 Å². The summed E-state index contributed by atoms with van der Waals surface area (Å²) in [7, 11) is 0. The molecule has 0 bridgehead atoms. The number of likely N-dealkylation sites (tertiary alicyclic amines) is 1. The van der Waals surface area contributed by atoms with E-state index in [2.05, 4.69) is 29.9 Å². The number of oxazole rings is 1. The Morgan fingerprint density at radius 2 is 2.13 bits per heavy atom. The Morgan fingerprint density at radius 3 is 2.90 bits per heavy atom. The van der Waals surface area contributed by atoms with Crippen molar-refractivity contribution in [1.29, 1.82) is 0 Å². The van der Waals surface area contributed by atoms with Crippen LogP contribution >= 0.6 is 0 Å². The third-order valence-electron chi connectivity index (χ3n) is 6.62. The number of aryl methyl sites for hydroxylation is 2. The first-order chi connectivity index (χ1) is 15.0. The fraction of sp³-hybridized carbons (Fsp3) is 0.565. The molecule has 2 fully saturated rings. The summed E-state index contributed by atoms with van der Waals surface area (Å²) in [6.45, 7) is 9.16. The highest BCUT2D eigenvalue weighted by Crippen LogP contribution is 2.33. The second-order valence-electron chi connectivity index (χ2n) is 8.95. The SMILES string of the molecule is CCc1ocnc1C(=O)N1CCCC[C@H]1c1cc2nc(N3CC[C@H](C)C3)c(C)cn2n1. The molecule has 5 heterocycles. The number of piperidine rings is 1. The van der Waals surface area contributed by atoms with Gasteiger partial charge in [-0.15, -0.1) is 0 Å². The molecule has 1 amide bonds. The number of rotatable bonds is 4. The van der Waals surface area contributed by atoms with Crippen molar-refractivity contribution in [2.45, 2.75) is 58.9 Å². The Labute approximate surface area is 182 Å². The van der Waals surface area contributed by atoms with Gasteiger partial charge in [0.15, 0.2) is 17.7 Å². The third-order valence-corrected chi connectivity index (χ3v) is 6.62. The minimum atomic E-state index is -0.0695. The van der Waals surface area contributed by atoms with E-state index in [1.165, 1.54) is 12.8 Å². The highest BCUT2D eigenvalue weighted by Gasteiger charge is 2.33. The van der Waals surface area contributed by atoms with E-state index in [1.54, 1.807) is 0 Å². The van der Waals surface area contributed by atoms with Gasteiger partial charge in [-0.25, -0.2) is 14.5 Å². The summed E-state index contributed by atoms with van der Waals surface area (Å²) >= 11 is 0. The molecule has 2 atom stereocenters. The van der Waals surface area contributed by atoms with Gasteiger partial charge in [0.05, 0.1) is 11.7 Å².